The Hall–Kier alpha value is -2.82. The van der Waals surface area contributed by atoms with E-state index in [-0.39, 0.29) is 5.56 Å². The van der Waals surface area contributed by atoms with Gasteiger partial charge < -0.3 is 9.64 Å². The molecule has 0 atom stereocenters. The van der Waals surface area contributed by atoms with E-state index in [2.05, 4.69) is 9.88 Å². The molecule has 0 radical (unpaired) electrons. The summed E-state index contributed by atoms with van der Waals surface area (Å²) >= 11 is 0. The normalized spacial score (nSPS) is 13.7. The molecule has 2 aromatic heterocycles. The summed E-state index contributed by atoms with van der Waals surface area (Å²) in [5, 5.41) is 0. The molecule has 4 rings (SSSR count). The number of ether oxygens (including phenoxy) is 1. The van der Waals surface area contributed by atoms with Crippen molar-refractivity contribution >= 4 is 11.3 Å². The van der Waals surface area contributed by atoms with Gasteiger partial charge in [-0.05, 0) is 24.3 Å². The van der Waals surface area contributed by atoms with Crippen molar-refractivity contribution in [3.8, 4) is 5.75 Å². The molecule has 0 bridgehead atoms. The van der Waals surface area contributed by atoms with Crippen molar-refractivity contribution in [1.82, 2.24) is 9.38 Å². The molecule has 22 heavy (non-hydrogen) atoms. The van der Waals surface area contributed by atoms with E-state index in [1.807, 2.05) is 42.5 Å². The molecule has 5 nitrogen and oxygen atoms in total. The van der Waals surface area contributed by atoms with Crippen LogP contribution in [-0.2, 0) is 6.54 Å². The van der Waals surface area contributed by atoms with E-state index in [0.29, 0.717) is 18.8 Å². The minimum absolute atomic E-state index is 0.0536. The minimum atomic E-state index is -0.0536. The van der Waals surface area contributed by atoms with Crippen LogP contribution in [0.2, 0.25) is 0 Å². The van der Waals surface area contributed by atoms with Gasteiger partial charge in [0.05, 0.1) is 24.5 Å². The zero-order chi connectivity index (χ0) is 14.9. The highest BCUT2D eigenvalue weighted by Crippen LogP contribution is 2.31. The monoisotopic (exact) mass is 293 g/mol. The summed E-state index contributed by atoms with van der Waals surface area (Å²) in [6, 6.07) is 15.1. The SMILES string of the molecule is O=c1cc(CN2CCOc3ccccc32)nc2ccccn12. The smallest absolute Gasteiger partial charge is 0.258 e. The van der Waals surface area contributed by atoms with Gasteiger partial charge in [-0.2, -0.15) is 0 Å². The number of aromatic nitrogens is 2. The Morgan fingerprint density at radius 2 is 2.00 bits per heavy atom. The third-order valence-electron chi connectivity index (χ3n) is 3.80. The summed E-state index contributed by atoms with van der Waals surface area (Å²) in [5.41, 5.74) is 2.44. The Labute approximate surface area is 127 Å². The van der Waals surface area contributed by atoms with Gasteiger partial charge in [-0.3, -0.25) is 9.20 Å². The Balaban J connectivity index is 1.72. The molecule has 110 valence electrons. The minimum Gasteiger partial charge on any atom is -0.490 e. The van der Waals surface area contributed by atoms with Gasteiger partial charge in [-0.15, -0.1) is 0 Å². The molecule has 3 heterocycles. The third-order valence-corrected chi connectivity index (χ3v) is 3.80. The van der Waals surface area contributed by atoms with E-state index in [9.17, 15) is 4.79 Å². The van der Waals surface area contributed by atoms with Crippen LogP contribution < -0.4 is 15.2 Å². The highest BCUT2D eigenvalue weighted by atomic mass is 16.5. The lowest BCUT2D eigenvalue weighted by molar-refractivity contribution is 0.306. The van der Waals surface area contributed by atoms with Gasteiger partial charge in [-0.25, -0.2) is 4.98 Å². The topological polar surface area (TPSA) is 46.8 Å². The lowest BCUT2D eigenvalue weighted by Gasteiger charge is -2.30. The van der Waals surface area contributed by atoms with Crippen molar-refractivity contribution < 1.29 is 4.74 Å². The molecule has 0 N–H and O–H groups in total. The van der Waals surface area contributed by atoms with Gasteiger partial charge in [0, 0.05) is 12.3 Å². The lowest BCUT2D eigenvalue weighted by Crippen LogP contribution is -2.33. The first-order chi connectivity index (χ1) is 10.8. The van der Waals surface area contributed by atoms with E-state index >= 15 is 0 Å². The number of fused-ring (bicyclic) bond motifs is 2. The number of para-hydroxylation sites is 2. The van der Waals surface area contributed by atoms with Crippen LogP contribution in [0, 0.1) is 0 Å². The highest BCUT2D eigenvalue weighted by molar-refractivity contribution is 5.59. The van der Waals surface area contributed by atoms with Crippen molar-refractivity contribution in [2.75, 3.05) is 18.1 Å². The van der Waals surface area contributed by atoms with E-state index in [1.54, 1.807) is 16.7 Å². The predicted molar refractivity (Wildman–Crippen MR) is 84.4 cm³/mol. The Kier molecular flexibility index (Phi) is 3.04. The summed E-state index contributed by atoms with van der Waals surface area (Å²) in [6.07, 6.45) is 1.73. The lowest BCUT2D eigenvalue weighted by atomic mass is 10.2. The maximum absolute atomic E-state index is 12.2. The van der Waals surface area contributed by atoms with Gasteiger partial charge in [0.15, 0.2) is 0 Å². The molecule has 1 aliphatic heterocycles. The average molecular weight is 293 g/mol. The van der Waals surface area contributed by atoms with Crippen molar-refractivity contribution in [1.29, 1.82) is 0 Å². The van der Waals surface area contributed by atoms with E-state index in [1.165, 1.54) is 0 Å². The van der Waals surface area contributed by atoms with E-state index in [0.717, 1.165) is 23.7 Å². The summed E-state index contributed by atoms with van der Waals surface area (Å²) in [6.45, 7) is 2.03. The molecule has 0 unspecified atom stereocenters. The van der Waals surface area contributed by atoms with Crippen molar-refractivity contribution in [2.24, 2.45) is 0 Å². The molecule has 0 amide bonds. The van der Waals surface area contributed by atoms with Crippen LogP contribution in [0.4, 0.5) is 5.69 Å². The second-order valence-electron chi connectivity index (χ2n) is 5.25. The van der Waals surface area contributed by atoms with Crippen molar-refractivity contribution in [3.63, 3.8) is 0 Å². The van der Waals surface area contributed by atoms with Crippen molar-refractivity contribution in [2.45, 2.75) is 6.54 Å². The van der Waals surface area contributed by atoms with Crippen LogP contribution in [0.25, 0.3) is 5.65 Å². The Morgan fingerprint density at radius 3 is 2.95 bits per heavy atom. The number of hydrogen-bond acceptors (Lipinski definition) is 4. The quantitative estimate of drug-likeness (QED) is 0.726. The third kappa shape index (κ3) is 2.20. The van der Waals surface area contributed by atoms with Gasteiger partial charge >= 0.3 is 0 Å². The zero-order valence-electron chi connectivity index (χ0n) is 12.0. The summed E-state index contributed by atoms with van der Waals surface area (Å²) in [7, 11) is 0. The molecule has 0 aliphatic carbocycles. The fraction of sp³-hybridized carbons (Fsp3) is 0.176. The summed E-state index contributed by atoms with van der Waals surface area (Å²) in [4.78, 5) is 18.9. The first kappa shape index (κ1) is 12.9. The maximum Gasteiger partial charge on any atom is 0.258 e. The molecule has 0 spiro atoms. The van der Waals surface area contributed by atoms with Crippen LogP contribution in [-0.4, -0.2) is 22.5 Å². The molecular weight excluding hydrogens is 278 g/mol. The zero-order valence-corrected chi connectivity index (χ0v) is 12.0. The number of nitrogens with zero attached hydrogens (tertiary/aromatic N) is 3. The molecule has 0 saturated heterocycles. The van der Waals surface area contributed by atoms with E-state index in [4.69, 9.17) is 4.74 Å². The molecule has 1 aromatic carbocycles. The molecule has 5 heteroatoms. The van der Waals surface area contributed by atoms with Gasteiger partial charge in [0.1, 0.15) is 18.0 Å². The molecule has 0 saturated carbocycles. The number of pyridine rings is 1. The number of benzene rings is 1. The molecule has 1 aliphatic rings. The molecular formula is C17H15N3O2. The number of hydrogen-bond donors (Lipinski definition) is 0. The van der Waals surface area contributed by atoms with E-state index < -0.39 is 0 Å². The predicted octanol–water partition coefficient (Wildman–Crippen LogP) is 2.09. The van der Waals surface area contributed by atoms with Gasteiger partial charge in [0.25, 0.3) is 5.56 Å². The standard InChI is InChI=1S/C17H15N3O2/c21-17-11-13(18-16-7-3-4-8-20(16)17)12-19-9-10-22-15-6-2-1-5-14(15)19/h1-8,11H,9-10,12H2. The Bertz CT molecular complexity index is 888. The van der Waals surface area contributed by atoms with Crippen LogP contribution >= 0.6 is 0 Å². The summed E-state index contributed by atoms with van der Waals surface area (Å²) < 4.78 is 7.21. The van der Waals surface area contributed by atoms with Crippen LogP contribution in [0.3, 0.4) is 0 Å². The molecule has 0 fully saturated rings. The fourth-order valence-corrected chi connectivity index (χ4v) is 2.77. The van der Waals surface area contributed by atoms with Crippen LogP contribution in [0.1, 0.15) is 5.69 Å². The maximum atomic E-state index is 12.2. The average Bonchev–Trinajstić information content (AvgIpc) is 2.55. The molecule has 3 aromatic rings. The summed E-state index contributed by atoms with van der Waals surface area (Å²) in [5.74, 6) is 0.881. The van der Waals surface area contributed by atoms with Gasteiger partial charge in [0.2, 0.25) is 0 Å². The number of rotatable bonds is 2. The van der Waals surface area contributed by atoms with Crippen LogP contribution in [0.5, 0.6) is 5.75 Å². The fourth-order valence-electron chi connectivity index (χ4n) is 2.77. The first-order valence-corrected chi connectivity index (χ1v) is 7.25. The first-order valence-electron chi connectivity index (χ1n) is 7.25. The van der Waals surface area contributed by atoms with Crippen molar-refractivity contribution in [3.05, 3.63) is 70.8 Å². The Morgan fingerprint density at radius 1 is 1.14 bits per heavy atom. The largest absolute Gasteiger partial charge is 0.490 e. The number of anilines is 1. The second-order valence-corrected chi connectivity index (χ2v) is 5.25. The van der Waals surface area contributed by atoms with Crippen LogP contribution in [0.15, 0.2) is 59.5 Å². The van der Waals surface area contributed by atoms with Gasteiger partial charge in [-0.1, -0.05) is 18.2 Å². The second kappa shape index (κ2) is 5.18. The highest BCUT2D eigenvalue weighted by Gasteiger charge is 2.18.